The van der Waals surface area contributed by atoms with Crippen LogP contribution in [0.5, 0.6) is 0 Å². The van der Waals surface area contributed by atoms with Crippen molar-refractivity contribution < 1.29 is 0 Å². The topological polar surface area (TPSA) is 18.5 Å². The number of likely N-dealkylation sites (tertiary alicyclic amines) is 1. The third-order valence-electron chi connectivity index (χ3n) is 5.02. The summed E-state index contributed by atoms with van der Waals surface area (Å²) < 4.78 is 0. The van der Waals surface area contributed by atoms with Crippen molar-refractivity contribution in [2.24, 2.45) is 11.3 Å². The largest absolute Gasteiger partial charge is 0.314 e. The van der Waals surface area contributed by atoms with Gasteiger partial charge in [0.25, 0.3) is 0 Å². The van der Waals surface area contributed by atoms with Crippen molar-refractivity contribution in [3.63, 3.8) is 0 Å². The Labute approximate surface area is 119 Å². The summed E-state index contributed by atoms with van der Waals surface area (Å²) in [6.45, 7) is 18.3. The number of piperidine rings is 1. The molecule has 3 heteroatoms. The zero-order chi connectivity index (χ0) is 13.9. The maximum absolute atomic E-state index is 3.48. The number of hydrogen-bond donors (Lipinski definition) is 1. The molecule has 3 nitrogen and oxygen atoms in total. The third kappa shape index (κ3) is 4.17. The standard InChI is InChI=1S/C16H33N3/c1-14(2)5-9-18-10-6-16(3,4)15(13-18)19-11-7-17-8-12-19/h14-15,17H,5-13H2,1-4H3. The van der Waals surface area contributed by atoms with E-state index in [4.69, 9.17) is 0 Å². The van der Waals surface area contributed by atoms with Gasteiger partial charge in [0.1, 0.15) is 0 Å². The predicted octanol–water partition coefficient (Wildman–Crippen LogP) is 2.04. The van der Waals surface area contributed by atoms with E-state index in [1.807, 2.05) is 0 Å². The van der Waals surface area contributed by atoms with E-state index < -0.39 is 0 Å². The van der Waals surface area contributed by atoms with Crippen LogP contribution in [0.4, 0.5) is 0 Å². The summed E-state index contributed by atoms with van der Waals surface area (Å²) in [5.41, 5.74) is 0.478. The van der Waals surface area contributed by atoms with Gasteiger partial charge < -0.3 is 10.2 Å². The molecule has 19 heavy (non-hydrogen) atoms. The highest BCUT2D eigenvalue weighted by Crippen LogP contribution is 2.34. The smallest absolute Gasteiger partial charge is 0.0275 e. The molecular formula is C16H33N3. The Morgan fingerprint density at radius 3 is 2.47 bits per heavy atom. The van der Waals surface area contributed by atoms with E-state index in [1.165, 1.54) is 58.7 Å². The van der Waals surface area contributed by atoms with Gasteiger partial charge in [-0.05, 0) is 37.3 Å². The van der Waals surface area contributed by atoms with Gasteiger partial charge in [0.15, 0.2) is 0 Å². The second kappa shape index (κ2) is 6.55. The Balaban J connectivity index is 1.92. The fourth-order valence-corrected chi connectivity index (χ4v) is 3.44. The number of hydrogen-bond acceptors (Lipinski definition) is 3. The molecule has 1 N–H and O–H groups in total. The van der Waals surface area contributed by atoms with Crippen molar-refractivity contribution in [1.29, 1.82) is 0 Å². The highest BCUT2D eigenvalue weighted by molar-refractivity contribution is 4.94. The van der Waals surface area contributed by atoms with Gasteiger partial charge in [-0.25, -0.2) is 0 Å². The maximum atomic E-state index is 3.48. The van der Waals surface area contributed by atoms with Gasteiger partial charge in [0.05, 0.1) is 0 Å². The minimum absolute atomic E-state index is 0.478. The molecule has 0 aliphatic carbocycles. The van der Waals surface area contributed by atoms with Crippen LogP contribution in [0.2, 0.25) is 0 Å². The highest BCUT2D eigenvalue weighted by atomic mass is 15.3. The molecule has 0 aromatic rings. The molecule has 2 fully saturated rings. The zero-order valence-electron chi connectivity index (χ0n) is 13.4. The molecule has 2 saturated heterocycles. The summed E-state index contributed by atoms with van der Waals surface area (Å²) in [6, 6.07) is 0.746. The molecule has 0 radical (unpaired) electrons. The van der Waals surface area contributed by atoms with Crippen LogP contribution in [0.15, 0.2) is 0 Å². The molecule has 2 aliphatic heterocycles. The lowest BCUT2D eigenvalue weighted by Crippen LogP contribution is -2.60. The molecule has 0 spiro atoms. The van der Waals surface area contributed by atoms with E-state index in [2.05, 4.69) is 42.8 Å². The summed E-state index contributed by atoms with van der Waals surface area (Å²) in [4.78, 5) is 5.44. The van der Waals surface area contributed by atoms with Crippen molar-refractivity contribution in [3.8, 4) is 0 Å². The van der Waals surface area contributed by atoms with E-state index in [-0.39, 0.29) is 0 Å². The van der Waals surface area contributed by atoms with Crippen LogP contribution >= 0.6 is 0 Å². The van der Waals surface area contributed by atoms with Gasteiger partial charge in [-0.2, -0.15) is 0 Å². The second-order valence-electron chi connectivity index (χ2n) is 7.52. The first-order chi connectivity index (χ1) is 8.99. The van der Waals surface area contributed by atoms with Crippen LogP contribution in [0.25, 0.3) is 0 Å². The Morgan fingerprint density at radius 2 is 1.84 bits per heavy atom. The Kier molecular flexibility index (Phi) is 5.27. The number of rotatable bonds is 4. The lowest BCUT2D eigenvalue weighted by molar-refractivity contribution is -0.000229. The van der Waals surface area contributed by atoms with E-state index in [1.54, 1.807) is 0 Å². The van der Waals surface area contributed by atoms with Crippen LogP contribution in [0.1, 0.15) is 40.5 Å². The first kappa shape index (κ1) is 15.3. The molecule has 1 atom stereocenters. The van der Waals surface area contributed by atoms with E-state index in [0.29, 0.717) is 5.41 Å². The molecule has 1 unspecified atom stereocenters. The molecule has 112 valence electrons. The number of nitrogens with zero attached hydrogens (tertiary/aromatic N) is 2. The zero-order valence-corrected chi connectivity index (χ0v) is 13.4. The lowest BCUT2D eigenvalue weighted by atomic mass is 9.77. The minimum Gasteiger partial charge on any atom is -0.314 e. The van der Waals surface area contributed by atoms with E-state index in [0.717, 1.165) is 12.0 Å². The Bertz CT molecular complexity index is 267. The Hall–Kier alpha value is -0.120. The molecule has 0 amide bonds. The molecule has 0 aromatic carbocycles. The molecule has 2 heterocycles. The predicted molar refractivity (Wildman–Crippen MR) is 82.5 cm³/mol. The van der Waals surface area contributed by atoms with Crippen LogP contribution in [-0.4, -0.2) is 61.7 Å². The van der Waals surface area contributed by atoms with Crippen LogP contribution in [-0.2, 0) is 0 Å². The fourth-order valence-electron chi connectivity index (χ4n) is 3.44. The van der Waals surface area contributed by atoms with Crippen LogP contribution in [0, 0.1) is 11.3 Å². The van der Waals surface area contributed by atoms with Gasteiger partial charge in [-0.15, -0.1) is 0 Å². The average molecular weight is 267 g/mol. The van der Waals surface area contributed by atoms with E-state index in [9.17, 15) is 0 Å². The Morgan fingerprint density at radius 1 is 1.16 bits per heavy atom. The van der Waals surface area contributed by atoms with Crippen molar-refractivity contribution in [3.05, 3.63) is 0 Å². The molecule has 0 aromatic heterocycles. The summed E-state index contributed by atoms with van der Waals surface area (Å²) in [6.07, 6.45) is 2.69. The normalized spacial score (nSPS) is 29.8. The van der Waals surface area contributed by atoms with Crippen molar-refractivity contribution >= 4 is 0 Å². The van der Waals surface area contributed by atoms with Gasteiger partial charge in [-0.3, -0.25) is 4.90 Å². The average Bonchev–Trinajstić information content (AvgIpc) is 2.38. The molecule has 2 rings (SSSR count). The first-order valence-corrected chi connectivity index (χ1v) is 8.16. The van der Waals surface area contributed by atoms with Gasteiger partial charge in [-0.1, -0.05) is 27.7 Å². The fraction of sp³-hybridized carbons (Fsp3) is 1.00. The highest BCUT2D eigenvalue weighted by Gasteiger charge is 2.39. The summed E-state index contributed by atoms with van der Waals surface area (Å²) in [7, 11) is 0. The van der Waals surface area contributed by atoms with Gasteiger partial charge in [0, 0.05) is 38.8 Å². The SMILES string of the molecule is CC(C)CCN1CCC(C)(C)C(N2CCNCC2)C1. The van der Waals surface area contributed by atoms with E-state index >= 15 is 0 Å². The molecular weight excluding hydrogens is 234 g/mol. The lowest BCUT2D eigenvalue weighted by Gasteiger charge is -2.50. The second-order valence-corrected chi connectivity index (χ2v) is 7.52. The van der Waals surface area contributed by atoms with Crippen LogP contribution < -0.4 is 5.32 Å². The monoisotopic (exact) mass is 267 g/mol. The summed E-state index contributed by atoms with van der Waals surface area (Å²) >= 11 is 0. The maximum Gasteiger partial charge on any atom is 0.0275 e. The van der Waals surface area contributed by atoms with Crippen molar-refractivity contribution in [2.45, 2.75) is 46.6 Å². The number of piperazine rings is 1. The minimum atomic E-state index is 0.478. The number of nitrogens with one attached hydrogen (secondary N) is 1. The summed E-state index contributed by atoms with van der Waals surface area (Å²) in [5.74, 6) is 0.826. The van der Waals surface area contributed by atoms with Crippen molar-refractivity contribution in [1.82, 2.24) is 15.1 Å². The van der Waals surface area contributed by atoms with Gasteiger partial charge >= 0.3 is 0 Å². The molecule has 0 saturated carbocycles. The quantitative estimate of drug-likeness (QED) is 0.841. The van der Waals surface area contributed by atoms with Gasteiger partial charge in [0.2, 0.25) is 0 Å². The first-order valence-electron chi connectivity index (χ1n) is 8.16. The molecule has 2 aliphatic rings. The van der Waals surface area contributed by atoms with Crippen molar-refractivity contribution in [2.75, 3.05) is 45.8 Å². The molecule has 0 bridgehead atoms. The third-order valence-corrected chi connectivity index (χ3v) is 5.02. The van der Waals surface area contributed by atoms with Crippen LogP contribution in [0.3, 0.4) is 0 Å². The summed E-state index contributed by atoms with van der Waals surface area (Å²) in [5, 5.41) is 3.48.